The molecule has 1 aromatic carbocycles. The SMILES string of the molecule is CC(C)n1cnc2c(nnc3c(-c4ccc(Cl)cc4)cnn32)c1=O. The van der Waals surface area contributed by atoms with Crippen LogP contribution in [0, 0.1) is 0 Å². The number of hydrogen-bond donors (Lipinski definition) is 0. The van der Waals surface area contributed by atoms with Gasteiger partial charge in [0.1, 0.15) is 6.33 Å². The van der Waals surface area contributed by atoms with E-state index in [1.165, 1.54) is 10.9 Å². The lowest BCUT2D eigenvalue weighted by atomic mass is 10.1. The van der Waals surface area contributed by atoms with Crippen LogP contribution in [0.1, 0.15) is 19.9 Å². The van der Waals surface area contributed by atoms with Crippen molar-refractivity contribution in [3.8, 4) is 11.1 Å². The summed E-state index contributed by atoms with van der Waals surface area (Å²) in [5.41, 5.74) is 2.62. The third kappa shape index (κ3) is 2.16. The van der Waals surface area contributed by atoms with Gasteiger partial charge >= 0.3 is 0 Å². The third-order valence-electron chi connectivity index (χ3n) is 3.85. The van der Waals surface area contributed by atoms with Gasteiger partial charge in [-0.3, -0.25) is 9.36 Å². The van der Waals surface area contributed by atoms with Crippen LogP contribution < -0.4 is 5.56 Å². The minimum atomic E-state index is -0.229. The highest BCUT2D eigenvalue weighted by Crippen LogP contribution is 2.25. The molecule has 24 heavy (non-hydrogen) atoms. The highest BCUT2D eigenvalue weighted by atomic mass is 35.5. The lowest BCUT2D eigenvalue weighted by Crippen LogP contribution is -2.24. The molecule has 0 bridgehead atoms. The van der Waals surface area contributed by atoms with E-state index in [9.17, 15) is 4.79 Å². The van der Waals surface area contributed by atoms with Gasteiger partial charge in [-0.15, -0.1) is 10.2 Å². The molecule has 0 aliphatic rings. The first-order chi connectivity index (χ1) is 11.6. The van der Waals surface area contributed by atoms with E-state index < -0.39 is 0 Å². The molecule has 0 amide bonds. The van der Waals surface area contributed by atoms with E-state index in [2.05, 4.69) is 20.3 Å². The van der Waals surface area contributed by atoms with Crippen molar-refractivity contribution in [1.82, 2.24) is 29.4 Å². The molecular formula is C16H13ClN6O. The molecule has 4 aromatic rings. The van der Waals surface area contributed by atoms with Crippen molar-refractivity contribution in [2.45, 2.75) is 19.9 Å². The zero-order valence-corrected chi connectivity index (χ0v) is 13.8. The second-order valence-corrected chi connectivity index (χ2v) is 6.16. The summed E-state index contributed by atoms with van der Waals surface area (Å²) in [6.45, 7) is 3.82. The first kappa shape index (κ1) is 14.8. The zero-order chi connectivity index (χ0) is 16.8. The summed E-state index contributed by atoms with van der Waals surface area (Å²) in [6.07, 6.45) is 3.20. The van der Waals surface area contributed by atoms with E-state index >= 15 is 0 Å². The van der Waals surface area contributed by atoms with Crippen LogP contribution >= 0.6 is 11.6 Å². The molecule has 7 nitrogen and oxygen atoms in total. The third-order valence-corrected chi connectivity index (χ3v) is 4.11. The Morgan fingerprint density at radius 3 is 2.54 bits per heavy atom. The van der Waals surface area contributed by atoms with Gasteiger partial charge in [-0.2, -0.15) is 9.61 Å². The summed E-state index contributed by atoms with van der Waals surface area (Å²) in [4.78, 5) is 16.8. The zero-order valence-electron chi connectivity index (χ0n) is 13.0. The summed E-state index contributed by atoms with van der Waals surface area (Å²) >= 11 is 5.93. The topological polar surface area (TPSA) is 78.0 Å². The molecule has 8 heteroatoms. The second-order valence-electron chi connectivity index (χ2n) is 5.72. The molecule has 3 aromatic heterocycles. The van der Waals surface area contributed by atoms with E-state index in [-0.39, 0.29) is 17.1 Å². The van der Waals surface area contributed by atoms with E-state index in [1.807, 2.05) is 26.0 Å². The Labute approximate surface area is 141 Å². The maximum Gasteiger partial charge on any atom is 0.283 e. The minimum absolute atomic E-state index is 0.00542. The van der Waals surface area contributed by atoms with Gasteiger partial charge < -0.3 is 0 Å². The van der Waals surface area contributed by atoms with Crippen molar-refractivity contribution in [1.29, 1.82) is 0 Å². The monoisotopic (exact) mass is 340 g/mol. The van der Waals surface area contributed by atoms with Crippen molar-refractivity contribution in [3.63, 3.8) is 0 Å². The van der Waals surface area contributed by atoms with Gasteiger partial charge in [-0.1, -0.05) is 23.7 Å². The standard InChI is InChI=1S/C16H13ClN6O/c1-9(2)22-8-18-15-13(16(22)24)20-21-14-12(7-19-23(14)15)10-3-5-11(17)6-4-10/h3-9H,1-2H3. The molecule has 0 N–H and O–H groups in total. The number of aromatic nitrogens is 6. The first-order valence-electron chi connectivity index (χ1n) is 7.43. The number of fused-ring (bicyclic) bond motifs is 3. The maximum absolute atomic E-state index is 12.5. The Bertz CT molecular complexity index is 1110. The molecule has 0 unspecified atom stereocenters. The molecule has 120 valence electrons. The smallest absolute Gasteiger partial charge is 0.283 e. The number of halogens is 1. The van der Waals surface area contributed by atoms with Crippen LogP contribution in [0.5, 0.6) is 0 Å². The van der Waals surface area contributed by atoms with Crippen LogP contribution in [-0.2, 0) is 0 Å². The lowest BCUT2D eigenvalue weighted by Gasteiger charge is -2.09. The highest BCUT2D eigenvalue weighted by Gasteiger charge is 2.15. The van der Waals surface area contributed by atoms with Gasteiger partial charge in [-0.25, -0.2) is 4.98 Å². The van der Waals surface area contributed by atoms with Gasteiger partial charge in [-0.05, 0) is 31.5 Å². The fourth-order valence-electron chi connectivity index (χ4n) is 2.58. The maximum atomic E-state index is 12.5. The molecule has 4 rings (SSSR count). The van der Waals surface area contributed by atoms with E-state index in [4.69, 9.17) is 11.6 Å². The average molecular weight is 341 g/mol. The minimum Gasteiger partial charge on any atom is -0.295 e. The molecule has 0 aliphatic heterocycles. The quantitative estimate of drug-likeness (QED) is 0.560. The Kier molecular flexibility index (Phi) is 3.31. The molecular weight excluding hydrogens is 328 g/mol. The normalized spacial score (nSPS) is 11.7. The van der Waals surface area contributed by atoms with Crippen LogP contribution in [0.4, 0.5) is 0 Å². The van der Waals surface area contributed by atoms with Gasteiger partial charge in [0.2, 0.25) is 0 Å². The molecule has 0 spiro atoms. The fourth-order valence-corrected chi connectivity index (χ4v) is 2.71. The van der Waals surface area contributed by atoms with Crippen LogP contribution in [0.2, 0.25) is 5.02 Å². The van der Waals surface area contributed by atoms with Crippen LogP contribution in [0.15, 0.2) is 41.6 Å². The molecule has 0 atom stereocenters. The van der Waals surface area contributed by atoms with Crippen molar-refractivity contribution < 1.29 is 0 Å². The van der Waals surface area contributed by atoms with Gasteiger partial charge in [0.15, 0.2) is 16.8 Å². The lowest BCUT2D eigenvalue weighted by molar-refractivity contribution is 0.570. The first-order valence-corrected chi connectivity index (χ1v) is 7.81. The number of hydrogen-bond acceptors (Lipinski definition) is 5. The molecule has 0 fully saturated rings. The van der Waals surface area contributed by atoms with E-state index in [0.717, 1.165) is 11.1 Å². The van der Waals surface area contributed by atoms with Gasteiger partial charge in [0, 0.05) is 16.6 Å². The number of nitrogens with zero attached hydrogens (tertiary/aromatic N) is 6. The van der Waals surface area contributed by atoms with Gasteiger partial charge in [0.05, 0.1) is 6.20 Å². The summed E-state index contributed by atoms with van der Waals surface area (Å²) in [5.74, 6) is 0. The van der Waals surface area contributed by atoms with Crippen molar-refractivity contribution in [2.24, 2.45) is 0 Å². The predicted molar refractivity (Wildman–Crippen MR) is 91.2 cm³/mol. The Balaban J connectivity index is 1.99. The second kappa shape index (κ2) is 5.38. The fraction of sp³-hybridized carbons (Fsp3) is 0.188. The molecule has 3 heterocycles. The van der Waals surface area contributed by atoms with Crippen molar-refractivity contribution >= 4 is 28.4 Å². The van der Waals surface area contributed by atoms with Crippen LogP contribution in [-0.4, -0.2) is 29.4 Å². The van der Waals surface area contributed by atoms with E-state index in [1.54, 1.807) is 22.8 Å². The molecule has 0 aliphatic carbocycles. The summed E-state index contributed by atoms with van der Waals surface area (Å²) in [7, 11) is 0. The van der Waals surface area contributed by atoms with Crippen molar-refractivity contribution in [3.05, 3.63) is 52.2 Å². The largest absolute Gasteiger partial charge is 0.295 e. The Hall–Kier alpha value is -2.80. The van der Waals surface area contributed by atoms with Gasteiger partial charge in [0.25, 0.3) is 5.56 Å². The van der Waals surface area contributed by atoms with Crippen molar-refractivity contribution in [2.75, 3.05) is 0 Å². The molecule has 0 radical (unpaired) electrons. The number of benzene rings is 1. The highest BCUT2D eigenvalue weighted by molar-refractivity contribution is 6.30. The summed E-state index contributed by atoms with van der Waals surface area (Å²) < 4.78 is 3.06. The van der Waals surface area contributed by atoms with Crippen LogP contribution in [0.25, 0.3) is 27.9 Å². The Morgan fingerprint density at radius 1 is 1.08 bits per heavy atom. The number of rotatable bonds is 2. The average Bonchev–Trinajstić information content (AvgIpc) is 3.00. The summed E-state index contributed by atoms with van der Waals surface area (Å²) in [6, 6.07) is 7.36. The molecule has 0 saturated carbocycles. The van der Waals surface area contributed by atoms with Crippen LogP contribution in [0.3, 0.4) is 0 Å². The summed E-state index contributed by atoms with van der Waals surface area (Å²) in [5, 5.41) is 13.3. The molecule has 0 saturated heterocycles. The van der Waals surface area contributed by atoms with E-state index in [0.29, 0.717) is 16.3 Å². The predicted octanol–water partition coefficient (Wildman–Crippen LogP) is 2.74. The Morgan fingerprint density at radius 2 is 1.83 bits per heavy atom.